The molecule has 17 heavy (non-hydrogen) atoms. The molecule has 0 bridgehead atoms. The third-order valence-electron chi connectivity index (χ3n) is 2.37. The van der Waals surface area contributed by atoms with Gasteiger partial charge in [-0.05, 0) is 31.5 Å². The summed E-state index contributed by atoms with van der Waals surface area (Å²) in [6.45, 7) is 3.73. The number of aryl methyl sites for hydroxylation is 2. The van der Waals surface area contributed by atoms with E-state index in [1.165, 1.54) is 0 Å². The molecule has 88 valence electrons. The van der Waals surface area contributed by atoms with E-state index in [2.05, 4.69) is 15.3 Å². The van der Waals surface area contributed by atoms with Crippen LogP contribution in [0.2, 0.25) is 0 Å². The molecule has 0 fully saturated rings. The quantitative estimate of drug-likeness (QED) is 0.755. The highest BCUT2D eigenvalue weighted by Gasteiger charge is 2.01. The Labute approximate surface area is 99.8 Å². The van der Waals surface area contributed by atoms with Gasteiger partial charge in [-0.1, -0.05) is 12.1 Å². The lowest BCUT2D eigenvalue weighted by atomic mass is 10.2. The van der Waals surface area contributed by atoms with Crippen LogP contribution in [-0.2, 0) is 0 Å². The summed E-state index contributed by atoms with van der Waals surface area (Å²) in [6.07, 6.45) is 1.76. The van der Waals surface area contributed by atoms with Gasteiger partial charge >= 0.3 is 0 Å². The zero-order chi connectivity index (χ0) is 12.3. The van der Waals surface area contributed by atoms with Crippen molar-refractivity contribution in [3.63, 3.8) is 0 Å². The minimum Gasteiger partial charge on any atom is -0.497 e. The number of ether oxygens (including phenoxy) is 1. The molecule has 0 saturated heterocycles. The second-order valence-electron chi connectivity index (χ2n) is 3.63. The molecule has 0 aliphatic heterocycles. The molecule has 0 aliphatic rings. The molecule has 5 heteroatoms. The smallest absolute Gasteiger partial charge is 0.151 e. The minimum absolute atomic E-state index is 0.765. The normalized spacial score (nSPS) is 11.0. The Hall–Kier alpha value is -2.17. The van der Waals surface area contributed by atoms with Gasteiger partial charge in [0.1, 0.15) is 5.75 Å². The van der Waals surface area contributed by atoms with E-state index in [0.717, 1.165) is 23.0 Å². The van der Waals surface area contributed by atoms with Gasteiger partial charge in [0.25, 0.3) is 0 Å². The zero-order valence-electron chi connectivity index (χ0n) is 10.1. The van der Waals surface area contributed by atoms with Gasteiger partial charge in [-0.3, -0.25) is 0 Å². The van der Waals surface area contributed by atoms with Gasteiger partial charge in [0.2, 0.25) is 0 Å². The summed E-state index contributed by atoms with van der Waals surface area (Å²) in [5.74, 6) is 2.34. The fourth-order valence-corrected chi connectivity index (χ4v) is 1.48. The average molecular weight is 230 g/mol. The van der Waals surface area contributed by atoms with Crippen LogP contribution in [0.1, 0.15) is 17.2 Å². The summed E-state index contributed by atoms with van der Waals surface area (Å²) in [4.78, 5) is 0. The molecule has 2 aromatic rings. The van der Waals surface area contributed by atoms with Crippen LogP contribution in [0.3, 0.4) is 0 Å². The highest BCUT2D eigenvalue weighted by atomic mass is 16.5. The van der Waals surface area contributed by atoms with E-state index < -0.39 is 0 Å². The molecule has 1 heterocycles. The zero-order valence-corrected chi connectivity index (χ0v) is 10.1. The number of aromatic nitrogens is 3. The summed E-state index contributed by atoms with van der Waals surface area (Å²) < 4.78 is 6.84. The molecule has 5 nitrogen and oxygen atoms in total. The van der Waals surface area contributed by atoms with Crippen molar-refractivity contribution in [1.29, 1.82) is 0 Å². The molecule has 0 radical (unpaired) electrons. The van der Waals surface area contributed by atoms with Gasteiger partial charge in [0, 0.05) is 0 Å². The summed E-state index contributed by atoms with van der Waals surface area (Å²) in [5.41, 5.74) is 0.969. The second kappa shape index (κ2) is 4.78. The number of hydrogen-bond acceptors (Lipinski definition) is 4. The third kappa shape index (κ3) is 2.50. The van der Waals surface area contributed by atoms with E-state index in [0.29, 0.717) is 0 Å². The number of nitrogens with zero attached hydrogens (tertiary/aromatic N) is 4. The van der Waals surface area contributed by atoms with Crippen molar-refractivity contribution < 1.29 is 4.74 Å². The molecule has 0 spiro atoms. The lowest BCUT2D eigenvalue weighted by molar-refractivity contribution is 0.415. The standard InChI is InChI=1S/C12H14N4O/c1-9-14-15-10(2)16(9)13-8-11-5-4-6-12(7-11)17-3/h4-8H,1-3H3/b13-8-. The van der Waals surface area contributed by atoms with Crippen molar-refractivity contribution in [1.82, 2.24) is 14.9 Å². The molecule has 1 aromatic heterocycles. The fraction of sp³-hybridized carbons (Fsp3) is 0.250. The van der Waals surface area contributed by atoms with Gasteiger partial charge in [-0.25, -0.2) is 4.68 Å². The van der Waals surface area contributed by atoms with Crippen molar-refractivity contribution >= 4 is 6.21 Å². The first kappa shape index (κ1) is 11.3. The van der Waals surface area contributed by atoms with Crippen LogP contribution < -0.4 is 4.74 Å². The lowest BCUT2D eigenvalue weighted by Crippen LogP contribution is -1.96. The molecule has 0 N–H and O–H groups in total. The number of methoxy groups -OCH3 is 1. The molecular formula is C12H14N4O. The van der Waals surface area contributed by atoms with E-state index >= 15 is 0 Å². The van der Waals surface area contributed by atoms with Crippen LogP contribution in [-0.4, -0.2) is 28.2 Å². The molecule has 0 atom stereocenters. The molecule has 0 amide bonds. The summed E-state index contributed by atoms with van der Waals surface area (Å²) in [6, 6.07) is 7.69. The van der Waals surface area contributed by atoms with Crippen LogP contribution in [0, 0.1) is 13.8 Å². The van der Waals surface area contributed by atoms with Gasteiger partial charge in [0.05, 0.1) is 13.3 Å². The highest BCUT2D eigenvalue weighted by Crippen LogP contribution is 2.11. The third-order valence-corrected chi connectivity index (χ3v) is 2.37. The Kier molecular flexibility index (Phi) is 3.18. The Morgan fingerprint density at radius 3 is 2.59 bits per heavy atom. The second-order valence-corrected chi connectivity index (χ2v) is 3.63. The number of hydrogen-bond donors (Lipinski definition) is 0. The van der Waals surface area contributed by atoms with Gasteiger partial charge < -0.3 is 4.74 Å². The molecule has 0 aliphatic carbocycles. The summed E-state index contributed by atoms with van der Waals surface area (Å²) in [5, 5.41) is 12.2. The molecule has 0 unspecified atom stereocenters. The molecular weight excluding hydrogens is 216 g/mol. The predicted octanol–water partition coefficient (Wildman–Crippen LogP) is 1.79. The molecule has 2 rings (SSSR count). The monoisotopic (exact) mass is 230 g/mol. The van der Waals surface area contributed by atoms with Crippen LogP contribution >= 0.6 is 0 Å². The van der Waals surface area contributed by atoms with Crippen LogP contribution in [0.5, 0.6) is 5.75 Å². The summed E-state index contributed by atoms with van der Waals surface area (Å²) in [7, 11) is 1.64. The SMILES string of the molecule is COc1cccc(/C=N\n2c(C)nnc2C)c1. The van der Waals surface area contributed by atoms with E-state index in [4.69, 9.17) is 4.74 Å². The first-order valence-corrected chi connectivity index (χ1v) is 5.28. The van der Waals surface area contributed by atoms with E-state index in [-0.39, 0.29) is 0 Å². The van der Waals surface area contributed by atoms with Crippen molar-refractivity contribution in [2.45, 2.75) is 13.8 Å². The van der Waals surface area contributed by atoms with Crippen molar-refractivity contribution in [3.05, 3.63) is 41.5 Å². The maximum atomic E-state index is 5.15. The topological polar surface area (TPSA) is 52.3 Å². The number of rotatable bonds is 3. The predicted molar refractivity (Wildman–Crippen MR) is 65.5 cm³/mol. The Bertz CT molecular complexity index is 526. The lowest BCUT2D eigenvalue weighted by Gasteiger charge is -2.00. The highest BCUT2D eigenvalue weighted by molar-refractivity contribution is 5.80. The minimum atomic E-state index is 0.765. The molecule has 1 aromatic carbocycles. The number of benzene rings is 1. The first-order chi connectivity index (χ1) is 8.20. The van der Waals surface area contributed by atoms with Crippen LogP contribution in [0.4, 0.5) is 0 Å². The van der Waals surface area contributed by atoms with Gasteiger partial charge in [-0.15, -0.1) is 10.2 Å². The van der Waals surface area contributed by atoms with E-state index in [1.54, 1.807) is 18.0 Å². The van der Waals surface area contributed by atoms with Crippen LogP contribution in [0.15, 0.2) is 29.4 Å². The largest absolute Gasteiger partial charge is 0.497 e. The average Bonchev–Trinajstić information content (AvgIpc) is 2.67. The van der Waals surface area contributed by atoms with E-state index in [1.807, 2.05) is 38.1 Å². The van der Waals surface area contributed by atoms with Crippen molar-refractivity contribution in [3.8, 4) is 5.75 Å². The van der Waals surface area contributed by atoms with Crippen molar-refractivity contribution in [2.24, 2.45) is 5.10 Å². The Morgan fingerprint density at radius 1 is 1.24 bits per heavy atom. The summed E-state index contributed by atoms with van der Waals surface area (Å²) >= 11 is 0. The van der Waals surface area contributed by atoms with Gasteiger partial charge in [0.15, 0.2) is 11.6 Å². The Morgan fingerprint density at radius 2 is 1.94 bits per heavy atom. The molecule has 0 saturated carbocycles. The maximum absolute atomic E-state index is 5.15. The van der Waals surface area contributed by atoms with Crippen molar-refractivity contribution in [2.75, 3.05) is 7.11 Å². The van der Waals surface area contributed by atoms with E-state index in [9.17, 15) is 0 Å². The van der Waals surface area contributed by atoms with Gasteiger partial charge in [-0.2, -0.15) is 5.10 Å². The van der Waals surface area contributed by atoms with Crippen LogP contribution in [0.25, 0.3) is 0 Å². The fourth-order valence-electron chi connectivity index (χ4n) is 1.48. The maximum Gasteiger partial charge on any atom is 0.151 e. The Balaban J connectivity index is 2.26. The first-order valence-electron chi connectivity index (χ1n) is 5.28.